The zero-order valence-corrected chi connectivity index (χ0v) is 22.9. The number of para-hydroxylation sites is 1. The average Bonchev–Trinajstić information content (AvgIpc) is 3.65. The van der Waals surface area contributed by atoms with Gasteiger partial charge in [-0.05, 0) is 97.0 Å². The van der Waals surface area contributed by atoms with E-state index in [-0.39, 0.29) is 0 Å². The minimum absolute atomic E-state index is 0.460. The summed E-state index contributed by atoms with van der Waals surface area (Å²) in [4.78, 5) is 26.7. The van der Waals surface area contributed by atoms with E-state index in [0.717, 1.165) is 31.9 Å². The molecule has 2 aliphatic heterocycles. The van der Waals surface area contributed by atoms with E-state index < -0.39 is 5.97 Å². The van der Waals surface area contributed by atoms with Crippen molar-refractivity contribution in [1.82, 2.24) is 15.2 Å². The van der Waals surface area contributed by atoms with Crippen LogP contribution in [0.5, 0.6) is 0 Å². The molecule has 1 saturated carbocycles. The molecule has 206 valence electrons. The highest BCUT2D eigenvalue weighted by Crippen LogP contribution is 2.46. The Morgan fingerprint density at radius 1 is 0.650 bits per heavy atom. The largest absolute Gasteiger partial charge is 0.371 e. The first kappa shape index (κ1) is 24.9. The lowest BCUT2D eigenvalue weighted by Crippen LogP contribution is -2.46. The number of fused-ring (bicyclic) bond motifs is 1. The van der Waals surface area contributed by atoms with Crippen LogP contribution in [-0.2, 0) is 0 Å². The van der Waals surface area contributed by atoms with E-state index in [0.29, 0.717) is 22.0 Å². The maximum absolute atomic E-state index is 12.7. The van der Waals surface area contributed by atoms with Crippen LogP contribution in [0.1, 0.15) is 48.9 Å². The highest BCUT2D eigenvalue weighted by atomic mass is 16.7. The molecule has 0 amide bonds. The quantitative estimate of drug-likeness (QED) is 0.325. The van der Waals surface area contributed by atoms with Crippen LogP contribution in [0, 0.1) is 5.41 Å². The fraction of sp³-hybridized carbons (Fsp3) is 0.406. The highest BCUT2D eigenvalue weighted by molar-refractivity contribution is 5.90. The Morgan fingerprint density at radius 3 is 1.77 bits per heavy atom. The van der Waals surface area contributed by atoms with Gasteiger partial charge in [-0.2, -0.15) is 0 Å². The van der Waals surface area contributed by atoms with Gasteiger partial charge in [-0.3, -0.25) is 0 Å². The molecule has 1 spiro atoms. The second kappa shape index (κ2) is 10.5. The van der Waals surface area contributed by atoms with Crippen LogP contribution in [0.3, 0.4) is 0 Å². The van der Waals surface area contributed by atoms with E-state index in [1.54, 1.807) is 0 Å². The van der Waals surface area contributed by atoms with Crippen molar-refractivity contribution in [3.05, 3.63) is 78.4 Å². The minimum atomic E-state index is -0.460. The number of piperazine rings is 1. The van der Waals surface area contributed by atoms with Crippen molar-refractivity contribution < 1.29 is 9.63 Å². The van der Waals surface area contributed by atoms with Crippen LogP contribution in [-0.4, -0.2) is 60.4 Å². The third-order valence-electron chi connectivity index (χ3n) is 9.31. The standard InChI is InChI=1S/C32H36N6O2/c39-31(40-38-30-6-2-1-5-29(30)33-34-38)25-7-9-26(10-8-25)36-21-23-37(24-22-36)28-13-11-27(12-14-28)35-19-17-32(18-20-35)15-3-4-16-32/h1-2,5-14H,3-4,15-24H2. The third-order valence-corrected chi connectivity index (χ3v) is 9.31. The number of hydrogen-bond donors (Lipinski definition) is 0. The van der Waals surface area contributed by atoms with Crippen molar-refractivity contribution in [2.75, 3.05) is 54.0 Å². The molecule has 0 unspecified atom stereocenters. The van der Waals surface area contributed by atoms with Crippen molar-refractivity contribution in [2.24, 2.45) is 5.41 Å². The molecular weight excluding hydrogens is 500 g/mol. The Labute approximate surface area is 235 Å². The van der Waals surface area contributed by atoms with Gasteiger partial charge in [0.1, 0.15) is 11.0 Å². The maximum atomic E-state index is 12.7. The maximum Gasteiger partial charge on any atom is 0.365 e. The smallest absolute Gasteiger partial charge is 0.365 e. The van der Waals surface area contributed by atoms with Gasteiger partial charge in [0.2, 0.25) is 0 Å². The minimum Gasteiger partial charge on any atom is -0.371 e. The van der Waals surface area contributed by atoms with E-state index in [9.17, 15) is 4.79 Å². The number of aromatic nitrogens is 3. The molecule has 1 aliphatic carbocycles. The van der Waals surface area contributed by atoms with Crippen molar-refractivity contribution in [2.45, 2.75) is 38.5 Å². The molecule has 8 heteroatoms. The third kappa shape index (κ3) is 4.87. The van der Waals surface area contributed by atoms with Gasteiger partial charge >= 0.3 is 5.97 Å². The second-order valence-electron chi connectivity index (χ2n) is 11.6. The summed E-state index contributed by atoms with van der Waals surface area (Å²) in [5, 5.41) is 7.96. The van der Waals surface area contributed by atoms with Crippen molar-refractivity contribution in [3.63, 3.8) is 0 Å². The number of nitrogens with zero attached hydrogens (tertiary/aromatic N) is 6. The fourth-order valence-corrected chi connectivity index (χ4v) is 6.82. The molecule has 2 saturated heterocycles. The van der Waals surface area contributed by atoms with E-state index in [1.165, 1.54) is 67.8 Å². The molecule has 4 aromatic rings. The molecule has 3 heterocycles. The molecule has 0 bridgehead atoms. The average molecular weight is 537 g/mol. The molecule has 3 aliphatic rings. The van der Waals surface area contributed by atoms with Crippen LogP contribution < -0.4 is 19.5 Å². The number of hydrogen-bond acceptors (Lipinski definition) is 7. The Bertz CT molecular complexity index is 1460. The summed E-state index contributed by atoms with van der Waals surface area (Å²) in [6.07, 6.45) is 8.49. The lowest BCUT2D eigenvalue weighted by Gasteiger charge is -2.41. The van der Waals surface area contributed by atoms with Gasteiger partial charge in [0.05, 0.1) is 5.56 Å². The molecule has 0 N–H and O–H groups in total. The number of carbonyl (C=O) groups is 1. The van der Waals surface area contributed by atoms with Crippen LogP contribution in [0.25, 0.3) is 11.0 Å². The molecule has 40 heavy (non-hydrogen) atoms. The van der Waals surface area contributed by atoms with Gasteiger partial charge in [-0.15, -0.1) is 5.10 Å². The number of benzene rings is 3. The number of anilines is 3. The van der Waals surface area contributed by atoms with E-state index in [4.69, 9.17) is 4.84 Å². The topological polar surface area (TPSA) is 66.7 Å². The van der Waals surface area contributed by atoms with Crippen molar-refractivity contribution in [1.29, 1.82) is 0 Å². The molecule has 1 aromatic heterocycles. The number of rotatable bonds is 5. The van der Waals surface area contributed by atoms with Crippen LogP contribution >= 0.6 is 0 Å². The zero-order chi connectivity index (χ0) is 26.9. The summed E-state index contributed by atoms with van der Waals surface area (Å²) in [6, 6.07) is 24.2. The van der Waals surface area contributed by atoms with Gasteiger partial charge in [0.25, 0.3) is 0 Å². The van der Waals surface area contributed by atoms with Gasteiger partial charge in [-0.25, -0.2) is 4.79 Å². The van der Waals surface area contributed by atoms with Crippen LogP contribution in [0.2, 0.25) is 0 Å². The zero-order valence-electron chi connectivity index (χ0n) is 22.9. The summed E-state index contributed by atoms with van der Waals surface area (Å²) < 4.78 is 0. The highest BCUT2D eigenvalue weighted by Gasteiger charge is 2.36. The first-order chi connectivity index (χ1) is 19.7. The van der Waals surface area contributed by atoms with Crippen LogP contribution in [0.4, 0.5) is 17.1 Å². The van der Waals surface area contributed by atoms with Gasteiger partial charge in [0.15, 0.2) is 0 Å². The molecule has 7 rings (SSSR count). The Morgan fingerprint density at radius 2 is 1.18 bits per heavy atom. The van der Waals surface area contributed by atoms with E-state index in [1.807, 2.05) is 48.5 Å². The monoisotopic (exact) mass is 536 g/mol. The van der Waals surface area contributed by atoms with Crippen molar-refractivity contribution in [3.8, 4) is 0 Å². The Hall–Kier alpha value is -4.07. The Balaban J connectivity index is 0.922. The normalized spacial score (nSPS) is 18.9. The van der Waals surface area contributed by atoms with E-state index >= 15 is 0 Å². The lowest BCUT2D eigenvalue weighted by atomic mass is 9.77. The van der Waals surface area contributed by atoms with Gasteiger partial charge in [0, 0.05) is 56.3 Å². The number of carbonyl (C=O) groups excluding carboxylic acids is 1. The molecule has 3 fully saturated rings. The first-order valence-electron chi connectivity index (χ1n) is 14.6. The first-order valence-corrected chi connectivity index (χ1v) is 14.6. The summed E-state index contributed by atoms with van der Waals surface area (Å²) in [7, 11) is 0. The molecule has 0 atom stereocenters. The Kier molecular flexibility index (Phi) is 6.54. The van der Waals surface area contributed by atoms with Gasteiger partial charge in [-0.1, -0.05) is 29.8 Å². The predicted octanol–water partition coefficient (Wildman–Crippen LogP) is 5.19. The molecular formula is C32H36N6O2. The lowest BCUT2D eigenvalue weighted by molar-refractivity contribution is 0.0409. The molecule has 8 nitrogen and oxygen atoms in total. The molecule has 3 aromatic carbocycles. The number of piperidine rings is 1. The molecule has 0 radical (unpaired) electrons. The summed E-state index contributed by atoms with van der Waals surface area (Å²) in [6.45, 7) is 6.21. The predicted molar refractivity (Wildman–Crippen MR) is 158 cm³/mol. The van der Waals surface area contributed by atoms with Crippen LogP contribution in [0.15, 0.2) is 72.8 Å². The van der Waals surface area contributed by atoms with E-state index in [2.05, 4.69) is 49.3 Å². The van der Waals surface area contributed by atoms with Gasteiger partial charge < -0.3 is 19.5 Å². The summed E-state index contributed by atoms with van der Waals surface area (Å²) in [5.41, 5.74) is 6.25. The fourth-order valence-electron chi connectivity index (χ4n) is 6.82. The summed E-state index contributed by atoms with van der Waals surface area (Å²) >= 11 is 0. The summed E-state index contributed by atoms with van der Waals surface area (Å²) in [5.74, 6) is -0.460. The SMILES string of the molecule is O=C(On1nnc2ccccc21)c1ccc(N2CCN(c3ccc(N4CCC5(CCCC5)CC4)cc3)CC2)cc1. The second-order valence-corrected chi connectivity index (χ2v) is 11.6. The van der Waals surface area contributed by atoms with Crippen molar-refractivity contribution >= 4 is 34.1 Å².